The second-order valence-electron chi connectivity index (χ2n) is 6.29. The van der Waals surface area contributed by atoms with Crippen molar-refractivity contribution in [3.8, 4) is 0 Å². The molecule has 1 amide bonds. The van der Waals surface area contributed by atoms with E-state index in [1.54, 1.807) is 6.20 Å². The van der Waals surface area contributed by atoms with Gasteiger partial charge in [0.05, 0.1) is 11.2 Å². The predicted molar refractivity (Wildman–Crippen MR) is 73.5 cm³/mol. The van der Waals surface area contributed by atoms with Crippen molar-refractivity contribution in [3.63, 3.8) is 0 Å². The van der Waals surface area contributed by atoms with Crippen LogP contribution in [-0.4, -0.2) is 24.0 Å². The zero-order valence-corrected chi connectivity index (χ0v) is 11.7. The summed E-state index contributed by atoms with van der Waals surface area (Å²) < 4.78 is 0. The molecule has 4 nitrogen and oxygen atoms in total. The monoisotopic (exact) mass is 259 g/mol. The van der Waals surface area contributed by atoms with E-state index in [2.05, 4.69) is 15.6 Å². The topological polar surface area (TPSA) is 54.0 Å². The molecule has 102 valence electrons. The number of hydrogen-bond acceptors (Lipinski definition) is 3. The standard InChI is InChI=1S/C15H21N3O/c1-9-5-4-6-17-13(9)15(2,3)18-14(19)12-10-7-16-8-11(10)12/h4-6,10-12,16H,7-8H2,1-3H3,(H,18,19)/t10-,11+,12?. The van der Waals surface area contributed by atoms with E-state index < -0.39 is 5.54 Å². The van der Waals surface area contributed by atoms with Crippen LogP contribution in [0, 0.1) is 24.7 Å². The van der Waals surface area contributed by atoms with Crippen LogP contribution in [0.5, 0.6) is 0 Å². The Morgan fingerprint density at radius 2 is 2.11 bits per heavy atom. The molecule has 1 saturated carbocycles. The number of hydrogen-bond donors (Lipinski definition) is 2. The quantitative estimate of drug-likeness (QED) is 0.858. The van der Waals surface area contributed by atoms with Crippen LogP contribution in [-0.2, 0) is 10.3 Å². The van der Waals surface area contributed by atoms with Gasteiger partial charge in [-0.1, -0.05) is 6.07 Å². The minimum absolute atomic E-state index is 0.187. The van der Waals surface area contributed by atoms with Crippen LogP contribution in [0.25, 0.3) is 0 Å². The molecule has 2 heterocycles. The normalized spacial score (nSPS) is 28.9. The van der Waals surface area contributed by atoms with Crippen molar-refractivity contribution in [1.82, 2.24) is 15.6 Å². The molecule has 1 aromatic heterocycles. The highest BCUT2D eigenvalue weighted by molar-refractivity contribution is 5.83. The molecule has 19 heavy (non-hydrogen) atoms. The summed E-state index contributed by atoms with van der Waals surface area (Å²) in [6, 6.07) is 3.96. The minimum atomic E-state index is -0.410. The van der Waals surface area contributed by atoms with Crippen molar-refractivity contribution < 1.29 is 4.79 Å². The Bertz CT molecular complexity index is 502. The van der Waals surface area contributed by atoms with Crippen LogP contribution < -0.4 is 10.6 Å². The van der Waals surface area contributed by atoms with E-state index in [0.717, 1.165) is 24.3 Å². The van der Waals surface area contributed by atoms with Crippen LogP contribution >= 0.6 is 0 Å². The van der Waals surface area contributed by atoms with Crippen LogP contribution in [0.15, 0.2) is 18.3 Å². The second kappa shape index (κ2) is 4.30. The summed E-state index contributed by atoms with van der Waals surface area (Å²) in [7, 11) is 0. The molecule has 4 heteroatoms. The van der Waals surface area contributed by atoms with Crippen LogP contribution in [0.2, 0.25) is 0 Å². The zero-order chi connectivity index (χ0) is 13.6. The molecule has 1 unspecified atom stereocenters. The van der Waals surface area contributed by atoms with Gasteiger partial charge >= 0.3 is 0 Å². The number of nitrogens with one attached hydrogen (secondary N) is 2. The van der Waals surface area contributed by atoms with Gasteiger partial charge in [0.25, 0.3) is 0 Å². The van der Waals surface area contributed by atoms with Gasteiger partial charge in [-0.05, 0) is 57.3 Å². The fraction of sp³-hybridized carbons (Fsp3) is 0.600. The molecule has 3 rings (SSSR count). The number of rotatable bonds is 3. The van der Waals surface area contributed by atoms with Gasteiger partial charge in [-0.2, -0.15) is 0 Å². The summed E-state index contributed by atoms with van der Waals surface area (Å²) in [4.78, 5) is 16.8. The first-order valence-electron chi connectivity index (χ1n) is 6.95. The van der Waals surface area contributed by atoms with E-state index in [9.17, 15) is 4.79 Å². The first kappa shape index (κ1) is 12.6. The Labute approximate surface area is 114 Å². The Kier molecular flexibility index (Phi) is 2.86. The zero-order valence-electron chi connectivity index (χ0n) is 11.7. The Morgan fingerprint density at radius 1 is 1.42 bits per heavy atom. The number of fused-ring (bicyclic) bond motifs is 1. The molecule has 0 aromatic carbocycles. The third-order valence-electron chi connectivity index (χ3n) is 4.43. The molecule has 1 saturated heterocycles. The molecule has 0 radical (unpaired) electrons. The molecule has 2 aliphatic rings. The Hall–Kier alpha value is -1.42. The molecular weight excluding hydrogens is 238 g/mol. The molecule has 2 fully saturated rings. The fourth-order valence-corrected chi connectivity index (χ4v) is 3.40. The van der Waals surface area contributed by atoms with E-state index in [-0.39, 0.29) is 11.8 Å². The van der Waals surface area contributed by atoms with Gasteiger partial charge in [0, 0.05) is 12.1 Å². The largest absolute Gasteiger partial charge is 0.345 e. The van der Waals surface area contributed by atoms with Gasteiger partial charge in [-0.15, -0.1) is 0 Å². The van der Waals surface area contributed by atoms with Gasteiger partial charge in [0.15, 0.2) is 0 Å². The molecule has 2 N–H and O–H groups in total. The third kappa shape index (κ3) is 2.14. The van der Waals surface area contributed by atoms with Crippen LogP contribution in [0.4, 0.5) is 0 Å². The molecule has 3 atom stereocenters. The summed E-state index contributed by atoms with van der Waals surface area (Å²) >= 11 is 0. The molecule has 0 bridgehead atoms. The smallest absolute Gasteiger partial charge is 0.224 e. The third-order valence-corrected chi connectivity index (χ3v) is 4.43. The second-order valence-corrected chi connectivity index (χ2v) is 6.29. The number of aryl methyl sites for hydroxylation is 1. The average Bonchev–Trinajstić information content (AvgIpc) is 2.84. The van der Waals surface area contributed by atoms with Crippen molar-refractivity contribution >= 4 is 5.91 Å². The van der Waals surface area contributed by atoms with Crippen molar-refractivity contribution in [1.29, 1.82) is 0 Å². The molecule has 1 aromatic rings. The number of carbonyl (C=O) groups excluding carboxylic acids is 1. The Morgan fingerprint density at radius 3 is 2.74 bits per heavy atom. The van der Waals surface area contributed by atoms with Crippen molar-refractivity contribution in [2.75, 3.05) is 13.1 Å². The average molecular weight is 259 g/mol. The highest BCUT2D eigenvalue weighted by Gasteiger charge is 2.57. The summed E-state index contributed by atoms with van der Waals surface area (Å²) in [5.74, 6) is 1.51. The maximum absolute atomic E-state index is 12.4. The highest BCUT2D eigenvalue weighted by atomic mass is 16.2. The molecule has 1 aliphatic carbocycles. The van der Waals surface area contributed by atoms with Gasteiger partial charge in [-0.25, -0.2) is 0 Å². The van der Waals surface area contributed by atoms with Crippen LogP contribution in [0.1, 0.15) is 25.1 Å². The van der Waals surface area contributed by atoms with Crippen molar-refractivity contribution in [3.05, 3.63) is 29.6 Å². The van der Waals surface area contributed by atoms with E-state index in [0.29, 0.717) is 11.8 Å². The highest BCUT2D eigenvalue weighted by Crippen LogP contribution is 2.49. The maximum Gasteiger partial charge on any atom is 0.224 e. The van der Waals surface area contributed by atoms with Crippen molar-refractivity contribution in [2.24, 2.45) is 17.8 Å². The van der Waals surface area contributed by atoms with Crippen molar-refractivity contribution in [2.45, 2.75) is 26.3 Å². The van der Waals surface area contributed by atoms with Crippen LogP contribution in [0.3, 0.4) is 0 Å². The lowest BCUT2D eigenvalue weighted by Gasteiger charge is -2.27. The molecular formula is C15H21N3O. The fourth-order valence-electron chi connectivity index (χ4n) is 3.40. The number of aromatic nitrogens is 1. The first-order valence-corrected chi connectivity index (χ1v) is 6.95. The number of piperidine rings is 1. The van der Waals surface area contributed by atoms with Gasteiger partial charge in [0.2, 0.25) is 5.91 Å². The van der Waals surface area contributed by atoms with E-state index in [1.165, 1.54) is 0 Å². The van der Waals surface area contributed by atoms with Gasteiger partial charge in [0.1, 0.15) is 0 Å². The number of pyridine rings is 1. The summed E-state index contributed by atoms with van der Waals surface area (Å²) in [5.41, 5.74) is 1.66. The Balaban J connectivity index is 1.72. The number of carbonyl (C=O) groups is 1. The molecule has 0 spiro atoms. The first-order chi connectivity index (χ1) is 9.00. The van der Waals surface area contributed by atoms with E-state index in [4.69, 9.17) is 0 Å². The lowest BCUT2D eigenvalue weighted by atomic mass is 9.95. The number of nitrogens with zero attached hydrogens (tertiary/aromatic N) is 1. The van der Waals surface area contributed by atoms with E-state index in [1.807, 2.05) is 32.9 Å². The summed E-state index contributed by atoms with van der Waals surface area (Å²) in [5, 5.41) is 6.49. The van der Waals surface area contributed by atoms with Gasteiger partial charge in [-0.3, -0.25) is 9.78 Å². The SMILES string of the molecule is Cc1cccnc1C(C)(C)NC(=O)C1[C@H]2CNC[C@@H]12. The lowest BCUT2D eigenvalue weighted by Crippen LogP contribution is -2.44. The van der Waals surface area contributed by atoms with Gasteiger partial charge < -0.3 is 10.6 Å². The summed E-state index contributed by atoms with van der Waals surface area (Å²) in [6.07, 6.45) is 1.78. The number of amides is 1. The predicted octanol–water partition coefficient (Wildman–Crippen LogP) is 1.21. The lowest BCUT2D eigenvalue weighted by molar-refractivity contribution is -0.124. The molecule has 1 aliphatic heterocycles. The maximum atomic E-state index is 12.4. The summed E-state index contributed by atoms with van der Waals surface area (Å²) in [6.45, 7) is 8.07. The minimum Gasteiger partial charge on any atom is -0.345 e. The van der Waals surface area contributed by atoms with E-state index >= 15 is 0 Å².